The van der Waals surface area contributed by atoms with Crippen molar-refractivity contribution >= 4 is 5.91 Å². The Morgan fingerprint density at radius 1 is 1.53 bits per heavy atom. The summed E-state index contributed by atoms with van der Waals surface area (Å²) in [6.45, 7) is 5.06. The number of carbonyl (C=O) groups is 1. The number of primary amides is 1. The topological polar surface area (TPSA) is 73.6 Å². The van der Waals surface area contributed by atoms with Crippen LogP contribution >= 0.6 is 0 Å². The molecule has 19 heavy (non-hydrogen) atoms. The second-order valence-corrected chi connectivity index (χ2v) is 5.67. The molecule has 1 aliphatic carbocycles. The lowest BCUT2D eigenvalue weighted by atomic mass is 9.84. The Morgan fingerprint density at radius 3 is 2.89 bits per heavy atom. The Kier molecular flexibility index (Phi) is 5.19. The Labute approximate surface area is 115 Å². The molecule has 1 saturated heterocycles. The van der Waals surface area contributed by atoms with Crippen LogP contribution in [-0.2, 0) is 14.3 Å². The highest BCUT2D eigenvalue weighted by Gasteiger charge is 2.46. The summed E-state index contributed by atoms with van der Waals surface area (Å²) in [5.41, 5.74) is 5.17. The Bertz CT molecular complexity index is 307. The molecule has 1 saturated carbocycles. The van der Waals surface area contributed by atoms with Crippen LogP contribution in [0.15, 0.2) is 0 Å². The molecule has 0 bridgehead atoms. The summed E-state index contributed by atoms with van der Waals surface area (Å²) in [6, 6.07) is 0. The minimum atomic E-state index is -0.504. The van der Waals surface area contributed by atoms with Gasteiger partial charge >= 0.3 is 0 Å². The van der Waals surface area contributed by atoms with Crippen molar-refractivity contribution in [1.82, 2.24) is 5.32 Å². The van der Waals surface area contributed by atoms with Gasteiger partial charge < -0.3 is 20.5 Å². The minimum absolute atomic E-state index is 0.199. The summed E-state index contributed by atoms with van der Waals surface area (Å²) in [4.78, 5) is 11.9. The van der Waals surface area contributed by atoms with Crippen LogP contribution in [0.3, 0.4) is 0 Å². The molecule has 5 heteroatoms. The van der Waals surface area contributed by atoms with Crippen LogP contribution in [0.25, 0.3) is 0 Å². The number of hydrogen-bond acceptors (Lipinski definition) is 4. The number of hydrogen-bond donors (Lipinski definition) is 2. The zero-order valence-corrected chi connectivity index (χ0v) is 11.8. The molecule has 110 valence electrons. The molecule has 0 radical (unpaired) electrons. The van der Waals surface area contributed by atoms with Gasteiger partial charge in [0.15, 0.2) is 0 Å². The monoisotopic (exact) mass is 270 g/mol. The molecule has 0 aromatic carbocycles. The molecule has 2 fully saturated rings. The van der Waals surface area contributed by atoms with Crippen molar-refractivity contribution in [3.05, 3.63) is 0 Å². The zero-order chi connectivity index (χ0) is 13.7. The average Bonchev–Trinajstić information content (AvgIpc) is 2.74. The number of ether oxygens (including phenoxy) is 2. The smallest absolute Gasteiger partial charge is 0.238 e. The van der Waals surface area contributed by atoms with Crippen LogP contribution in [0.2, 0.25) is 0 Å². The van der Waals surface area contributed by atoms with Gasteiger partial charge in [-0.1, -0.05) is 13.3 Å². The van der Waals surface area contributed by atoms with E-state index in [-0.39, 0.29) is 12.0 Å². The third kappa shape index (κ3) is 3.27. The Balaban J connectivity index is 1.86. The van der Waals surface area contributed by atoms with Gasteiger partial charge in [0.1, 0.15) is 11.6 Å². The predicted molar refractivity (Wildman–Crippen MR) is 72.7 cm³/mol. The summed E-state index contributed by atoms with van der Waals surface area (Å²) in [5, 5.41) is 3.41. The van der Waals surface area contributed by atoms with Gasteiger partial charge in [0, 0.05) is 6.61 Å². The van der Waals surface area contributed by atoms with Crippen LogP contribution in [0, 0.1) is 5.92 Å². The average molecular weight is 270 g/mol. The molecule has 2 unspecified atom stereocenters. The van der Waals surface area contributed by atoms with E-state index in [0.717, 1.165) is 38.6 Å². The normalized spacial score (nSPS) is 31.3. The quantitative estimate of drug-likeness (QED) is 0.685. The van der Waals surface area contributed by atoms with Gasteiger partial charge in [0.25, 0.3) is 0 Å². The predicted octanol–water partition coefficient (Wildman–Crippen LogP) is 0.816. The van der Waals surface area contributed by atoms with E-state index in [4.69, 9.17) is 15.2 Å². The van der Waals surface area contributed by atoms with Crippen molar-refractivity contribution < 1.29 is 14.3 Å². The molecule has 0 aromatic rings. The van der Waals surface area contributed by atoms with Gasteiger partial charge in [-0.05, 0) is 38.1 Å². The number of nitrogens with two attached hydrogens (primary N) is 1. The van der Waals surface area contributed by atoms with Crippen LogP contribution in [0.4, 0.5) is 0 Å². The third-order valence-corrected chi connectivity index (χ3v) is 4.38. The van der Waals surface area contributed by atoms with E-state index < -0.39 is 5.54 Å². The molecule has 1 aliphatic heterocycles. The second-order valence-electron chi connectivity index (χ2n) is 5.67. The zero-order valence-electron chi connectivity index (χ0n) is 11.8. The van der Waals surface area contributed by atoms with E-state index in [1.54, 1.807) is 0 Å². The Hall–Kier alpha value is -0.650. The summed E-state index contributed by atoms with van der Waals surface area (Å²) >= 11 is 0. The molecular weight excluding hydrogens is 244 g/mol. The van der Waals surface area contributed by atoms with Crippen molar-refractivity contribution in [3.63, 3.8) is 0 Å². The highest BCUT2D eigenvalue weighted by atomic mass is 16.6. The molecule has 0 spiro atoms. The first-order chi connectivity index (χ1) is 9.19. The highest BCUT2D eigenvalue weighted by molar-refractivity contribution is 5.85. The molecule has 2 rings (SSSR count). The summed E-state index contributed by atoms with van der Waals surface area (Å²) in [5.74, 6) is 0.105. The fourth-order valence-electron chi connectivity index (χ4n) is 3.15. The SMILES string of the molecule is CCCNC1(C(N)=O)CCCC1CCOC1COC1. The van der Waals surface area contributed by atoms with Crippen molar-refractivity contribution in [2.24, 2.45) is 11.7 Å². The lowest BCUT2D eigenvalue weighted by Crippen LogP contribution is -2.58. The van der Waals surface area contributed by atoms with Gasteiger partial charge in [-0.25, -0.2) is 0 Å². The van der Waals surface area contributed by atoms with E-state index in [1.807, 2.05) is 0 Å². The first kappa shape index (κ1) is 14.8. The second kappa shape index (κ2) is 6.68. The third-order valence-electron chi connectivity index (χ3n) is 4.38. The number of amides is 1. The minimum Gasteiger partial charge on any atom is -0.376 e. The van der Waals surface area contributed by atoms with Crippen LogP contribution in [0.5, 0.6) is 0 Å². The van der Waals surface area contributed by atoms with Crippen LogP contribution < -0.4 is 11.1 Å². The van der Waals surface area contributed by atoms with Gasteiger partial charge in [-0.3, -0.25) is 4.79 Å². The van der Waals surface area contributed by atoms with Crippen LogP contribution in [-0.4, -0.2) is 43.9 Å². The van der Waals surface area contributed by atoms with Crippen LogP contribution in [0.1, 0.15) is 39.0 Å². The van der Waals surface area contributed by atoms with E-state index in [0.29, 0.717) is 25.7 Å². The molecule has 5 nitrogen and oxygen atoms in total. The first-order valence-corrected chi connectivity index (χ1v) is 7.43. The summed E-state index contributed by atoms with van der Waals surface area (Å²) in [6.07, 6.45) is 5.15. The molecule has 2 atom stereocenters. The maximum Gasteiger partial charge on any atom is 0.238 e. The summed E-state index contributed by atoms with van der Waals surface area (Å²) in [7, 11) is 0. The number of nitrogens with one attached hydrogen (secondary N) is 1. The van der Waals surface area contributed by atoms with Crippen molar-refractivity contribution in [2.75, 3.05) is 26.4 Å². The lowest BCUT2D eigenvalue weighted by Gasteiger charge is -2.34. The van der Waals surface area contributed by atoms with E-state index in [9.17, 15) is 4.79 Å². The van der Waals surface area contributed by atoms with Crippen molar-refractivity contribution in [1.29, 1.82) is 0 Å². The van der Waals surface area contributed by atoms with Gasteiger partial charge in [0.2, 0.25) is 5.91 Å². The highest BCUT2D eigenvalue weighted by Crippen LogP contribution is 2.38. The van der Waals surface area contributed by atoms with E-state index >= 15 is 0 Å². The fraction of sp³-hybridized carbons (Fsp3) is 0.929. The number of rotatable bonds is 8. The van der Waals surface area contributed by atoms with Gasteiger partial charge in [-0.15, -0.1) is 0 Å². The Morgan fingerprint density at radius 2 is 2.32 bits per heavy atom. The molecule has 1 amide bonds. The van der Waals surface area contributed by atoms with E-state index in [2.05, 4.69) is 12.2 Å². The lowest BCUT2D eigenvalue weighted by molar-refractivity contribution is -0.134. The van der Waals surface area contributed by atoms with Crippen molar-refractivity contribution in [3.8, 4) is 0 Å². The van der Waals surface area contributed by atoms with Gasteiger partial charge in [-0.2, -0.15) is 0 Å². The maximum atomic E-state index is 11.9. The molecule has 3 N–H and O–H groups in total. The molecule has 2 aliphatic rings. The van der Waals surface area contributed by atoms with Crippen molar-refractivity contribution in [2.45, 2.75) is 50.7 Å². The molecule has 1 heterocycles. The molecule has 0 aromatic heterocycles. The van der Waals surface area contributed by atoms with Gasteiger partial charge in [0.05, 0.1) is 13.2 Å². The standard InChI is InChI=1S/C14H26N2O3/c1-2-7-16-14(13(15)17)6-3-4-11(14)5-8-19-12-9-18-10-12/h11-12,16H,2-10H2,1H3,(H2,15,17). The van der Waals surface area contributed by atoms with E-state index in [1.165, 1.54) is 0 Å². The first-order valence-electron chi connectivity index (χ1n) is 7.43. The molecular formula is C14H26N2O3. The number of carbonyl (C=O) groups excluding carboxylic acids is 1. The fourth-order valence-corrected chi connectivity index (χ4v) is 3.15. The largest absolute Gasteiger partial charge is 0.376 e. The maximum absolute atomic E-state index is 11.9. The summed E-state index contributed by atoms with van der Waals surface area (Å²) < 4.78 is 10.8.